The average molecular weight is 410 g/mol. The van der Waals surface area contributed by atoms with Crippen LogP contribution in [0, 0.1) is 13.8 Å². The number of aryl methyl sites for hydroxylation is 2. The van der Waals surface area contributed by atoms with Gasteiger partial charge in [-0.25, -0.2) is 4.98 Å². The minimum atomic E-state index is -0.286. The van der Waals surface area contributed by atoms with E-state index in [1.807, 2.05) is 60.8 Å². The first-order chi connectivity index (χ1) is 13.5. The lowest BCUT2D eigenvalue weighted by Gasteiger charge is -1.97. The minimum absolute atomic E-state index is 0.268. The van der Waals surface area contributed by atoms with Gasteiger partial charge in [0.2, 0.25) is 5.13 Å². The van der Waals surface area contributed by atoms with Crippen molar-refractivity contribution < 1.29 is 0 Å². The van der Waals surface area contributed by atoms with Crippen LogP contribution in [0.2, 0.25) is 5.02 Å². The van der Waals surface area contributed by atoms with Crippen LogP contribution in [0.3, 0.4) is 0 Å². The molecular weight excluding hydrogens is 394 g/mol. The molecule has 0 fully saturated rings. The average Bonchev–Trinajstić information content (AvgIpc) is 3.26. The third-order valence-electron chi connectivity index (χ3n) is 4.13. The van der Waals surface area contributed by atoms with Crippen LogP contribution < -0.4 is 5.56 Å². The van der Waals surface area contributed by atoms with Gasteiger partial charge in [-0.3, -0.25) is 9.89 Å². The summed E-state index contributed by atoms with van der Waals surface area (Å²) in [5.41, 5.74) is 4.10. The number of azo groups is 1. The van der Waals surface area contributed by atoms with Crippen molar-refractivity contribution in [3.05, 3.63) is 80.5 Å². The number of aromatic nitrogens is 3. The van der Waals surface area contributed by atoms with Gasteiger partial charge in [0.15, 0.2) is 5.69 Å². The third kappa shape index (κ3) is 3.67. The lowest BCUT2D eigenvalue weighted by molar-refractivity contribution is 0.827. The molecule has 4 rings (SSSR count). The Morgan fingerprint density at radius 2 is 1.89 bits per heavy atom. The molecule has 0 radical (unpaired) electrons. The van der Waals surface area contributed by atoms with E-state index in [-0.39, 0.29) is 11.2 Å². The Labute approximate surface area is 170 Å². The monoisotopic (exact) mass is 409 g/mol. The van der Waals surface area contributed by atoms with Crippen molar-refractivity contribution in [2.45, 2.75) is 13.8 Å². The quantitative estimate of drug-likeness (QED) is 0.421. The van der Waals surface area contributed by atoms with Crippen molar-refractivity contribution in [3.63, 3.8) is 0 Å². The molecule has 4 aromatic rings. The van der Waals surface area contributed by atoms with Crippen LogP contribution in [-0.4, -0.2) is 14.8 Å². The summed E-state index contributed by atoms with van der Waals surface area (Å²) in [5, 5.41) is 14.5. The van der Waals surface area contributed by atoms with Crippen LogP contribution in [0.1, 0.15) is 11.3 Å². The molecule has 8 heteroatoms. The van der Waals surface area contributed by atoms with E-state index in [1.54, 1.807) is 6.92 Å². The Kier molecular flexibility index (Phi) is 4.93. The fourth-order valence-electron chi connectivity index (χ4n) is 2.71. The van der Waals surface area contributed by atoms with Gasteiger partial charge in [-0.1, -0.05) is 35.9 Å². The maximum Gasteiger partial charge on any atom is 0.301 e. The zero-order valence-corrected chi connectivity index (χ0v) is 16.8. The number of benzene rings is 2. The number of nitrogens with one attached hydrogen (secondary N) is 1. The molecule has 0 unspecified atom stereocenters. The van der Waals surface area contributed by atoms with Gasteiger partial charge in [-0.05, 0) is 43.7 Å². The van der Waals surface area contributed by atoms with Gasteiger partial charge in [-0.2, -0.15) is 9.80 Å². The topological polar surface area (TPSA) is 75.4 Å². The number of aromatic amines is 1. The summed E-state index contributed by atoms with van der Waals surface area (Å²) in [6, 6.07) is 15.0. The van der Waals surface area contributed by atoms with Gasteiger partial charge in [-0.15, -0.1) is 16.5 Å². The molecule has 28 heavy (non-hydrogen) atoms. The van der Waals surface area contributed by atoms with Crippen LogP contribution >= 0.6 is 22.9 Å². The largest absolute Gasteiger partial charge is 0.301 e. The summed E-state index contributed by atoms with van der Waals surface area (Å²) in [7, 11) is 0. The highest BCUT2D eigenvalue weighted by molar-refractivity contribution is 7.12. The van der Waals surface area contributed by atoms with Crippen LogP contribution in [0.25, 0.3) is 16.4 Å². The first-order valence-corrected chi connectivity index (χ1v) is 9.79. The van der Waals surface area contributed by atoms with Crippen LogP contribution in [-0.2, 0) is 0 Å². The zero-order valence-electron chi connectivity index (χ0n) is 15.2. The standard InChI is InChI=1S/C20H16ClN5OS/c1-12-4-3-5-16(10-12)23-24-18-13(2)25-26(19(18)27)20-22-17(11-28-20)14-6-8-15(21)9-7-14/h3-11,25H,1-2H3. The van der Waals surface area contributed by atoms with Gasteiger partial charge in [0.1, 0.15) is 0 Å². The molecule has 140 valence electrons. The molecule has 0 bridgehead atoms. The maximum atomic E-state index is 12.8. The Morgan fingerprint density at radius 3 is 2.64 bits per heavy atom. The summed E-state index contributed by atoms with van der Waals surface area (Å²) in [6.45, 7) is 3.77. The molecule has 0 spiro atoms. The normalized spacial score (nSPS) is 11.4. The predicted molar refractivity (Wildman–Crippen MR) is 113 cm³/mol. The molecule has 2 aromatic carbocycles. The fraction of sp³-hybridized carbons (Fsp3) is 0.100. The van der Waals surface area contributed by atoms with Crippen LogP contribution in [0.15, 0.2) is 68.9 Å². The summed E-state index contributed by atoms with van der Waals surface area (Å²) >= 11 is 7.31. The SMILES string of the molecule is Cc1cccc(N=Nc2c(C)[nH]n(-c3nc(-c4ccc(Cl)cc4)cs3)c2=O)c1. The second kappa shape index (κ2) is 7.53. The molecule has 0 atom stereocenters. The van der Waals surface area contributed by atoms with E-state index in [0.717, 1.165) is 16.8 Å². The van der Waals surface area contributed by atoms with Crippen molar-refractivity contribution in [2.24, 2.45) is 10.2 Å². The predicted octanol–water partition coefficient (Wildman–Crippen LogP) is 5.97. The third-order valence-corrected chi connectivity index (χ3v) is 5.21. The number of rotatable bonds is 4. The molecule has 1 N–H and O–H groups in total. The summed E-state index contributed by atoms with van der Waals surface area (Å²) in [5.74, 6) is 0. The number of nitrogens with zero attached hydrogens (tertiary/aromatic N) is 4. The Morgan fingerprint density at radius 1 is 1.11 bits per heavy atom. The smallest absolute Gasteiger partial charge is 0.291 e. The minimum Gasteiger partial charge on any atom is -0.291 e. The van der Waals surface area contributed by atoms with Crippen LogP contribution in [0.5, 0.6) is 0 Å². The van der Waals surface area contributed by atoms with Crippen molar-refractivity contribution in [2.75, 3.05) is 0 Å². The van der Waals surface area contributed by atoms with E-state index < -0.39 is 0 Å². The van der Waals surface area contributed by atoms with Gasteiger partial charge in [0.25, 0.3) is 0 Å². The number of halogens is 1. The summed E-state index contributed by atoms with van der Waals surface area (Å²) in [6.07, 6.45) is 0. The van der Waals surface area contributed by atoms with E-state index in [9.17, 15) is 4.79 Å². The number of hydrogen-bond donors (Lipinski definition) is 1. The van der Waals surface area contributed by atoms with Gasteiger partial charge >= 0.3 is 5.56 Å². The molecule has 0 saturated heterocycles. The fourth-order valence-corrected chi connectivity index (χ4v) is 3.63. The summed E-state index contributed by atoms with van der Waals surface area (Å²) in [4.78, 5) is 17.4. The summed E-state index contributed by atoms with van der Waals surface area (Å²) < 4.78 is 1.39. The molecule has 0 saturated carbocycles. The molecule has 0 aliphatic rings. The van der Waals surface area contributed by atoms with Gasteiger partial charge in [0.05, 0.1) is 17.1 Å². The molecule has 6 nitrogen and oxygen atoms in total. The second-order valence-corrected chi connectivity index (χ2v) is 7.56. The van der Waals surface area contributed by atoms with E-state index in [4.69, 9.17) is 11.6 Å². The molecule has 0 amide bonds. The number of thiazole rings is 1. The molecule has 0 aliphatic heterocycles. The molecule has 2 heterocycles. The van der Waals surface area contributed by atoms with E-state index in [2.05, 4.69) is 20.3 Å². The van der Waals surface area contributed by atoms with Crippen molar-refractivity contribution in [1.82, 2.24) is 14.8 Å². The first-order valence-electron chi connectivity index (χ1n) is 8.53. The Hall–Kier alpha value is -3.03. The zero-order chi connectivity index (χ0) is 19.7. The van der Waals surface area contributed by atoms with E-state index in [0.29, 0.717) is 21.5 Å². The van der Waals surface area contributed by atoms with Gasteiger partial charge in [0, 0.05) is 16.0 Å². The lowest BCUT2D eigenvalue weighted by Crippen LogP contribution is -2.13. The maximum absolute atomic E-state index is 12.8. The van der Waals surface area contributed by atoms with Crippen LogP contribution in [0.4, 0.5) is 11.4 Å². The van der Waals surface area contributed by atoms with Crippen molar-refractivity contribution in [3.8, 4) is 16.4 Å². The molecular formula is C20H16ClN5OS. The highest BCUT2D eigenvalue weighted by Crippen LogP contribution is 2.26. The Balaban J connectivity index is 1.66. The number of H-pyrrole nitrogens is 1. The first kappa shape index (κ1) is 18.3. The molecule has 2 aromatic heterocycles. The van der Waals surface area contributed by atoms with Crippen molar-refractivity contribution >= 4 is 34.3 Å². The molecule has 0 aliphatic carbocycles. The lowest BCUT2D eigenvalue weighted by atomic mass is 10.2. The van der Waals surface area contributed by atoms with E-state index in [1.165, 1.54) is 16.0 Å². The highest BCUT2D eigenvalue weighted by Gasteiger charge is 2.15. The Bertz CT molecular complexity index is 1220. The second-order valence-electron chi connectivity index (χ2n) is 6.29. The number of hydrogen-bond acceptors (Lipinski definition) is 5. The van der Waals surface area contributed by atoms with Crippen molar-refractivity contribution in [1.29, 1.82) is 0 Å². The van der Waals surface area contributed by atoms with Gasteiger partial charge < -0.3 is 0 Å². The van der Waals surface area contributed by atoms with E-state index >= 15 is 0 Å². The highest BCUT2D eigenvalue weighted by atomic mass is 35.5.